The number of aromatic hydroxyl groups is 1. The van der Waals surface area contributed by atoms with E-state index in [1.165, 1.54) is 18.2 Å². The van der Waals surface area contributed by atoms with Crippen LogP contribution in [-0.4, -0.2) is 52.4 Å². The van der Waals surface area contributed by atoms with Crippen molar-refractivity contribution >= 4 is 70.0 Å². The first-order valence-electron chi connectivity index (χ1n) is 32.4. The second-order valence-electron chi connectivity index (χ2n) is 26.4. The Labute approximate surface area is 565 Å². The summed E-state index contributed by atoms with van der Waals surface area (Å²) in [5, 5.41) is 9.85. The molecule has 8 amide bonds. The molecule has 0 fully saturated rings. The Balaban J connectivity index is 0.614. The van der Waals surface area contributed by atoms with E-state index < -0.39 is 63.9 Å². The van der Waals surface area contributed by atoms with Crippen LogP contribution in [-0.2, 0) is 22.0 Å². The molecule has 486 valence electrons. The Hall–Kier alpha value is -12.0. The third-order valence-electron chi connectivity index (χ3n) is 19.9. The topological polar surface area (TPSA) is 197 Å². The molecule has 10 aromatic carbocycles. The molecule has 1 N–H and O–H groups in total. The van der Waals surface area contributed by atoms with Crippen LogP contribution in [0.4, 0.5) is 22.7 Å². The molecule has 0 saturated heterocycles. The van der Waals surface area contributed by atoms with E-state index in [0.29, 0.717) is 41.4 Å². The van der Waals surface area contributed by atoms with Crippen LogP contribution in [0.15, 0.2) is 224 Å². The molecule has 14 rings (SSSR count). The van der Waals surface area contributed by atoms with Gasteiger partial charge in [-0.15, -0.1) is 0 Å². The van der Waals surface area contributed by atoms with Crippen LogP contribution in [0.5, 0.6) is 28.7 Å². The largest absolute Gasteiger partial charge is 0.508 e. The molecule has 2 unspecified atom stereocenters. The fraction of sp³-hybridized carbons (Fsp3) is 0.171. The summed E-state index contributed by atoms with van der Waals surface area (Å²) in [5.74, 6) is -2.32. The Bertz CT molecular complexity index is 5000. The number of ether oxygens (including phenoxy) is 3. The first kappa shape index (κ1) is 63.4. The normalized spacial score (nSPS) is 15.5. The Morgan fingerprint density at radius 2 is 0.582 bits per heavy atom. The number of amides is 8. The zero-order valence-electron chi connectivity index (χ0n) is 55.0. The molecule has 4 aliphatic heterocycles. The lowest BCUT2D eigenvalue weighted by atomic mass is 9.77. The van der Waals surface area contributed by atoms with E-state index in [1.54, 1.807) is 121 Å². The van der Waals surface area contributed by atoms with E-state index in [1.807, 2.05) is 100 Å². The van der Waals surface area contributed by atoms with Crippen molar-refractivity contribution in [2.45, 2.75) is 90.3 Å². The van der Waals surface area contributed by atoms with E-state index in [-0.39, 0.29) is 78.4 Å². The molecule has 10 aromatic rings. The summed E-state index contributed by atoms with van der Waals surface area (Å²) in [5.41, 5.74) is 5.55. The second kappa shape index (κ2) is 23.7. The number of carbonyl (C=O) groups is 8. The van der Waals surface area contributed by atoms with Crippen LogP contribution in [0.2, 0.25) is 0 Å². The maximum Gasteiger partial charge on any atom is 0.266 e. The molecule has 0 aromatic heterocycles. The molecular weight excluding hydrogens is 1230 g/mol. The monoisotopic (exact) mass is 1300 g/mol. The SMILES string of the molecule is CCC(C)(Oc1ccc2c(c1)C(=O)N(c1cccc(N3C(=O)c4ccccc4C3=O)c1)C2=O)c1ccc(C(C)(C)c2ccc(Oc3ccc4c(c3)C(=O)N(c3cccc(N5C(=O)c6ccc(C(C)(CC)Oc7ccc(C(C)(C)c8ccc(O)cc8)cc7)cc6C5=O)c3)C4=O)cc2)cc1. The Morgan fingerprint density at radius 3 is 1.01 bits per heavy atom. The minimum Gasteiger partial charge on any atom is -0.508 e. The second-order valence-corrected chi connectivity index (χ2v) is 26.4. The van der Waals surface area contributed by atoms with Gasteiger partial charge in [-0.1, -0.05) is 133 Å². The predicted octanol–water partition coefficient (Wildman–Crippen LogP) is 16.4. The third-order valence-corrected chi connectivity index (χ3v) is 19.9. The fourth-order valence-corrected chi connectivity index (χ4v) is 13.5. The Morgan fingerprint density at radius 1 is 0.286 bits per heavy atom. The first-order valence-corrected chi connectivity index (χ1v) is 32.4. The van der Waals surface area contributed by atoms with Gasteiger partial charge >= 0.3 is 0 Å². The minimum absolute atomic E-state index is 0.127. The lowest BCUT2D eigenvalue weighted by Gasteiger charge is -2.32. The summed E-state index contributed by atoms with van der Waals surface area (Å²) in [6.45, 7) is 16.4. The van der Waals surface area contributed by atoms with E-state index in [9.17, 15) is 43.5 Å². The van der Waals surface area contributed by atoms with Gasteiger partial charge in [-0.05, 0) is 194 Å². The number of carbonyl (C=O) groups excluding carboxylic acids is 8. The van der Waals surface area contributed by atoms with Gasteiger partial charge in [0.05, 0.1) is 67.3 Å². The van der Waals surface area contributed by atoms with E-state index >= 15 is 0 Å². The summed E-state index contributed by atoms with van der Waals surface area (Å²) in [6, 6.07) is 64.5. The highest BCUT2D eigenvalue weighted by molar-refractivity contribution is 6.38. The fourth-order valence-electron chi connectivity index (χ4n) is 13.5. The zero-order valence-corrected chi connectivity index (χ0v) is 55.0. The third kappa shape index (κ3) is 10.6. The van der Waals surface area contributed by atoms with Crippen molar-refractivity contribution in [2.75, 3.05) is 19.6 Å². The zero-order chi connectivity index (χ0) is 68.9. The molecule has 16 nitrogen and oxygen atoms in total. The molecule has 0 saturated carbocycles. The smallest absolute Gasteiger partial charge is 0.266 e. The van der Waals surface area contributed by atoms with Gasteiger partial charge < -0.3 is 19.3 Å². The van der Waals surface area contributed by atoms with Crippen LogP contribution in [0.1, 0.15) is 184 Å². The number of hydrogen-bond acceptors (Lipinski definition) is 12. The summed E-state index contributed by atoms with van der Waals surface area (Å²) in [7, 11) is 0. The molecule has 4 aliphatic rings. The molecule has 0 radical (unpaired) electrons. The molecule has 0 bridgehead atoms. The number of rotatable bonds is 18. The number of nitrogens with zero attached hydrogens (tertiary/aromatic N) is 4. The van der Waals surface area contributed by atoms with Gasteiger partial charge in [0.25, 0.3) is 47.3 Å². The molecule has 0 aliphatic carbocycles. The van der Waals surface area contributed by atoms with Gasteiger partial charge in [0.15, 0.2) is 0 Å². The number of imide groups is 4. The van der Waals surface area contributed by atoms with E-state index in [0.717, 1.165) is 47.4 Å². The highest BCUT2D eigenvalue weighted by atomic mass is 16.5. The van der Waals surface area contributed by atoms with Crippen LogP contribution in [0.25, 0.3) is 0 Å². The van der Waals surface area contributed by atoms with Crippen molar-refractivity contribution < 1.29 is 57.7 Å². The van der Waals surface area contributed by atoms with Crippen molar-refractivity contribution in [2.24, 2.45) is 0 Å². The number of phenolic OH excluding ortho intramolecular Hbond substituents is 1. The summed E-state index contributed by atoms with van der Waals surface area (Å²) >= 11 is 0. The molecule has 4 heterocycles. The molecule has 0 spiro atoms. The Kier molecular flexibility index (Phi) is 15.3. The van der Waals surface area contributed by atoms with Crippen LogP contribution >= 0.6 is 0 Å². The maximum absolute atomic E-state index is 14.3. The average Bonchev–Trinajstić information content (AvgIpc) is 1.60. The van der Waals surface area contributed by atoms with Crippen molar-refractivity contribution in [1.29, 1.82) is 0 Å². The molecule has 98 heavy (non-hydrogen) atoms. The number of anilines is 4. The predicted molar refractivity (Wildman–Crippen MR) is 372 cm³/mol. The molecule has 2 atom stereocenters. The van der Waals surface area contributed by atoms with Crippen molar-refractivity contribution in [1.82, 2.24) is 0 Å². The van der Waals surface area contributed by atoms with Crippen LogP contribution < -0.4 is 33.8 Å². The van der Waals surface area contributed by atoms with Crippen molar-refractivity contribution in [3.63, 3.8) is 0 Å². The van der Waals surface area contributed by atoms with Gasteiger partial charge in [-0.2, -0.15) is 0 Å². The number of benzene rings is 10. The van der Waals surface area contributed by atoms with Crippen LogP contribution in [0.3, 0.4) is 0 Å². The number of phenols is 1. The van der Waals surface area contributed by atoms with E-state index in [2.05, 4.69) is 39.8 Å². The quantitative estimate of drug-likeness (QED) is 0.0799. The van der Waals surface area contributed by atoms with Gasteiger partial charge in [0.1, 0.15) is 39.9 Å². The summed E-state index contributed by atoms with van der Waals surface area (Å²) < 4.78 is 19.7. The summed E-state index contributed by atoms with van der Waals surface area (Å²) in [4.78, 5) is 115. The van der Waals surface area contributed by atoms with Crippen LogP contribution in [0, 0.1) is 0 Å². The van der Waals surface area contributed by atoms with E-state index in [4.69, 9.17) is 14.2 Å². The van der Waals surface area contributed by atoms with Crippen molar-refractivity contribution in [3.8, 4) is 28.7 Å². The lowest BCUT2D eigenvalue weighted by molar-refractivity contribution is 0.0820. The highest BCUT2D eigenvalue weighted by Gasteiger charge is 2.44. The van der Waals surface area contributed by atoms with Gasteiger partial charge in [0.2, 0.25) is 0 Å². The average molecular weight is 1300 g/mol. The number of fused-ring (bicyclic) bond motifs is 4. The number of hydrogen-bond donors (Lipinski definition) is 1. The maximum atomic E-state index is 14.3. The summed E-state index contributed by atoms with van der Waals surface area (Å²) in [6.07, 6.45) is 1.09. The minimum atomic E-state index is -0.885. The van der Waals surface area contributed by atoms with Gasteiger partial charge in [0, 0.05) is 10.8 Å². The van der Waals surface area contributed by atoms with Gasteiger partial charge in [-0.3, -0.25) is 38.4 Å². The lowest BCUT2D eigenvalue weighted by Crippen LogP contribution is -2.31. The molecule has 16 heteroatoms. The molecular formula is C82H66N4O12. The highest BCUT2D eigenvalue weighted by Crippen LogP contribution is 2.43. The van der Waals surface area contributed by atoms with Gasteiger partial charge in [-0.25, -0.2) is 19.6 Å². The first-order chi connectivity index (χ1) is 46.9. The van der Waals surface area contributed by atoms with Crippen molar-refractivity contribution in [3.05, 3.63) is 302 Å². The standard InChI is InChI=1S/C82H66N4O12/c1-9-81(7,98-62-39-42-67-70(47-62)78(95)86(75(67)92)56-17-13-15-54(44-56)83-71(88)63-19-11-12-20-64(63)72(83)89)52-23-21-48(22-24-52)79(3,4)50-27-34-59(35-28-50)96-61-38-41-66-69(46-61)77(94)85(74(66)91)57-18-14-16-55(45-57)84-73(90)65-40-31-53(43-68(65)76(84)93)82(8,10-2)97-60-36-29-51(30-37-60)80(5,6)49-25-32-58(87)33-26-49/h11-47,87H,9-10H2,1-8H3.